The molecule has 0 aliphatic rings. The summed E-state index contributed by atoms with van der Waals surface area (Å²) >= 11 is 0. The van der Waals surface area contributed by atoms with Gasteiger partial charge < -0.3 is 20.8 Å². The monoisotopic (exact) mass is 288 g/mol. The lowest BCUT2D eigenvalue weighted by Crippen LogP contribution is -2.46. The van der Waals surface area contributed by atoms with Crippen LogP contribution < -0.4 is 10.6 Å². The lowest BCUT2D eigenvalue weighted by molar-refractivity contribution is -0.140. The molecule has 0 saturated heterocycles. The third-order valence-electron chi connectivity index (χ3n) is 2.74. The van der Waals surface area contributed by atoms with Crippen molar-refractivity contribution in [3.63, 3.8) is 0 Å². The minimum absolute atomic E-state index is 0.133. The Bertz CT molecular complexity index is 331. The SMILES string of the molecule is CC(C)CCCCNC(=O)N[C@@H](CCC(=O)O)C(=O)O. The van der Waals surface area contributed by atoms with Crippen molar-refractivity contribution in [2.24, 2.45) is 5.92 Å². The Morgan fingerprint density at radius 2 is 1.70 bits per heavy atom. The smallest absolute Gasteiger partial charge is 0.326 e. The van der Waals surface area contributed by atoms with Crippen LogP contribution in [0.25, 0.3) is 0 Å². The lowest BCUT2D eigenvalue weighted by Gasteiger charge is -2.14. The first-order chi connectivity index (χ1) is 9.32. The number of nitrogens with one attached hydrogen (secondary N) is 2. The fraction of sp³-hybridized carbons (Fsp3) is 0.769. The molecule has 0 aliphatic heterocycles. The van der Waals surface area contributed by atoms with Gasteiger partial charge >= 0.3 is 18.0 Å². The highest BCUT2D eigenvalue weighted by molar-refractivity contribution is 5.82. The van der Waals surface area contributed by atoms with Crippen LogP contribution in [0.1, 0.15) is 46.0 Å². The fourth-order valence-electron chi connectivity index (χ4n) is 1.61. The summed E-state index contributed by atoms with van der Waals surface area (Å²) in [6.45, 7) is 4.73. The number of amides is 2. The summed E-state index contributed by atoms with van der Waals surface area (Å²) in [7, 11) is 0. The van der Waals surface area contributed by atoms with Gasteiger partial charge in [-0.1, -0.05) is 26.7 Å². The largest absolute Gasteiger partial charge is 0.481 e. The highest BCUT2D eigenvalue weighted by Crippen LogP contribution is 2.05. The predicted molar refractivity (Wildman–Crippen MR) is 73.5 cm³/mol. The summed E-state index contributed by atoms with van der Waals surface area (Å²) in [5.74, 6) is -1.70. The van der Waals surface area contributed by atoms with E-state index in [9.17, 15) is 14.4 Å². The molecule has 4 N–H and O–H groups in total. The summed E-state index contributed by atoms with van der Waals surface area (Å²) in [6, 6.07) is -1.76. The van der Waals surface area contributed by atoms with E-state index in [1.165, 1.54) is 0 Å². The minimum Gasteiger partial charge on any atom is -0.481 e. The van der Waals surface area contributed by atoms with Crippen LogP contribution in [0.15, 0.2) is 0 Å². The van der Waals surface area contributed by atoms with E-state index in [4.69, 9.17) is 10.2 Å². The molecule has 0 aromatic heterocycles. The average molecular weight is 288 g/mol. The fourth-order valence-corrected chi connectivity index (χ4v) is 1.61. The maximum absolute atomic E-state index is 11.5. The van der Waals surface area contributed by atoms with E-state index in [1.807, 2.05) is 0 Å². The Labute approximate surface area is 118 Å². The normalized spacial score (nSPS) is 11.9. The molecule has 0 unspecified atom stereocenters. The van der Waals surface area contributed by atoms with Crippen LogP contribution in [-0.4, -0.2) is 40.8 Å². The van der Waals surface area contributed by atoms with Crippen molar-refractivity contribution in [2.45, 2.75) is 52.0 Å². The molecule has 0 spiro atoms. The average Bonchev–Trinajstić information content (AvgIpc) is 2.32. The van der Waals surface area contributed by atoms with Crippen molar-refractivity contribution < 1.29 is 24.6 Å². The van der Waals surface area contributed by atoms with Crippen LogP contribution in [0.2, 0.25) is 0 Å². The molecule has 0 aromatic rings. The van der Waals surface area contributed by atoms with Gasteiger partial charge in [0.25, 0.3) is 0 Å². The molecule has 0 bridgehead atoms. The molecule has 0 rings (SSSR count). The van der Waals surface area contributed by atoms with Crippen molar-refractivity contribution in [3.05, 3.63) is 0 Å². The highest BCUT2D eigenvalue weighted by atomic mass is 16.4. The van der Waals surface area contributed by atoms with Crippen LogP contribution in [0.4, 0.5) is 4.79 Å². The van der Waals surface area contributed by atoms with E-state index in [0.717, 1.165) is 19.3 Å². The molecule has 0 aliphatic carbocycles. The Hall–Kier alpha value is -1.79. The topological polar surface area (TPSA) is 116 Å². The van der Waals surface area contributed by atoms with Crippen molar-refractivity contribution in [3.8, 4) is 0 Å². The van der Waals surface area contributed by atoms with Crippen LogP contribution in [-0.2, 0) is 9.59 Å². The van der Waals surface area contributed by atoms with Crippen molar-refractivity contribution in [1.29, 1.82) is 0 Å². The molecule has 0 saturated carbocycles. The standard InChI is InChI=1S/C13H24N2O5/c1-9(2)5-3-4-8-14-13(20)15-10(12(18)19)6-7-11(16)17/h9-10H,3-8H2,1-2H3,(H,16,17)(H,18,19)(H2,14,15,20)/t10-/m0/s1. The summed E-state index contributed by atoms with van der Waals surface area (Å²) in [5, 5.41) is 22.2. The molecule has 0 heterocycles. The van der Waals surface area contributed by atoms with Gasteiger partial charge in [0.2, 0.25) is 0 Å². The van der Waals surface area contributed by atoms with Crippen molar-refractivity contribution in [1.82, 2.24) is 10.6 Å². The third-order valence-corrected chi connectivity index (χ3v) is 2.74. The molecule has 116 valence electrons. The molecule has 0 radical (unpaired) electrons. The van der Waals surface area contributed by atoms with Gasteiger partial charge in [-0.25, -0.2) is 9.59 Å². The summed E-state index contributed by atoms with van der Waals surface area (Å²) < 4.78 is 0. The van der Waals surface area contributed by atoms with Gasteiger partial charge in [0.05, 0.1) is 0 Å². The predicted octanol–water partition coefficient (Wildman–Crippen LogP) is 1.43. The number of carbonyl (C=O) groups is 3. The van der Waals surface area contributed by atoms with Gasteiger partial charge in [0, 0.05) is 13.0 Å². The van der Waals surface area contributed by atoms with Crippen LogP contribution >= 0.6 is 0 Å². The molecular weight excluding hydrogens is 264 g/mol. The first kappa shape index (κ1) is 18.2. The van der Waals surface area contributed by atoms with Gasteiger partial charge in [0.1, 0.15) is 6.04 Å². The van der Waals surface area contributed by atoms with Gasteiger partial charge in [-0.15, -0.1) is 0 Å². The number of urea groups is 1. The van der Waals surface area contributed by atoms with E-state index in [-0.39, 0.29) is 12.8 Å². The number of unbranched alkanes of at least 4 members (excludes halogenated alkanes) is 1. The van der Waals surface area contributed by atoms with Gasteiger partial charge in [-0.3, -0.25) is 4.79 Å². The number of rotatable bonds is 10. The first-order valence-corrected chi connectivity index (χ1v) is 6.82. The molecule has 7 nitrogen and oxygen atoms in total. The second-order valence-corrected chi connectivity index (χ2v) is 5.11. The van der Waals surface area contributed by atoms with E-state index in [2.05, 4.69) is 24.5 Å². The highest BCUT2D eigenvalue weighted by Gasteiger charge is 2.20. The Kier molecular flexibility index (Phi) is 9.15. The lowest BCUT2D eigenvalue weighted by atomic mass is 10.1. The zero-order valence-electron chi connectivity index (χ0n) is 12.0. The number of hydrogen-bond donors (Lipinski definition) is 4. The molecule has 0 fully saturated rings. The van der Waals surface area contributed by atoms with Crippen molar-refractivity contribution >= 4 is 18.0 Å². The molecule has 2 amide bonds. The van der Waals surface area contributed by atoms with Gasteiger partial charge in [0.15, 0.2) is 0 Å². The zero-order chi connectivity index (χ0) is 15.5. The number of carboxylic acid groups (broad SMARTS) is 2. The van der Waals surface area contributed by atoms with E-state index in [1.54, 1.807) is 0 Å². The van der Waals surface area contributed by atoms with Gasteiger partial charge in [-0.05, 0) is 18.8 Å². The van der Waals surface area contributed by atoms with E-state index < -0.39 is 24.0 Å². The van der Waals surface area contributed by atoms with Gasteiger partial charge in [-0.2, -0.15) is 0 Å². The second-order valence-electron chi connectivity index (χ2n) is 5.11. The molecule has 0 aromatic carbocycles. The van der Waals surface area contributed by atoms with Crippen molar-refractivity contribution in [2.75, 3.05) is 6.54 Å². The van der Waals surface area contributed by atoms with E-state index >= 15 is 0 Å². The molecule has 20 heavy (non-hydrogen) atoms. The Morgan fingerprint density at radius 3 is 2.20 bits per heavy atom. The third kappa shape index (κ3) is 10.2. The van der Waals surface area contributed by atoms with Crippen LogP contribution in [0, 0.1) is 5.92 Å². The molecular formula is C13H24N2O5. The number of hydrogen-bond acceptors (Lipinski definition) is 3. The quantitative estimate of drug-likeness (QED) is 0.454. The first-order valence-electron chi connectivity index (χ1n) is 6.82. The number of aliphatic carboxylic acids is 2. The zero-order valence-corrected chi connectivity index (χ0v) is 12.0. The maximum atomic E-state index is 11.5. The van der Waals surface area contributed by atoms with Crippen LogP contribution in [0.3, 0.4) is 0 Å². The van der Waals surface area contributed by atoms with E-state index in [0.29, 0.717) is 12.5 Å². The molecule has 1 atom stereocenters. The molecule has 7 heteroatoms. The summed E-state index contributed by atoms with van der Waals surface area (Å²) in [4.78, 5) is 32.7. The Balaban J connectivity index is 3.89. The minimum atomic E-state index is -1.23. The number of carboxylic acids is 2. The van der Waals surface area contributed by atoms with Crippen LogP contribution in [0.5, 0.6) is 0 Å². The number of carbonyl (C=O) groups excluding carboxylic acids is 1. The summed E-state index contributed by atoms with van der Waals surface area (Å²) in [5.41, 5.74) is 0. The maximum Gasteiger partial charge on any atom is 0.326 e. The second kappa shape index (κ2) is 10.1. The Morgan fingerprint density at radius 1 is 1.05 bits per heavy atom. The summed E-state index contributed by atoms with van der Waals surface area (Å²) in [6.07, 6.45) is 2.48.